The first-order valence-electron chi connectivity index (χ1n) is 14.3. The minimum Gasteiger partial charge on any atom is -0.507 e. The number of ketones is 1. The van der Waals surface area contributed by atoms with Gasteiger partial charge in [-0.2, -0.15) is 0 Å². The molecule has 9 nitrogen and oxygen atoms in total. The Morgan fingerprint density at radius 1 is 1.00 bits per heavy atom. The summed E-state index contributed by atoms with van der Waals surface area (Å²) in [4.78, 5) is 33.8. The number of thiazole rings is 1. The Balaban J connectivity index is 1.55. The molecule has 6 rings (SSSR count). The molecule has 1 aromatic heterocycles. The van der Waals surface area contributed by atoms with Crippen LogP contribution >= 0.6 is 11.3 Å². The van der Waals surface area contributed by atoms with E-state index in [1.807, 2.05) is 39.8 Å². The molecule has 0 radical (unpaired) electrons. The van der Waals surface area contributed by atoms with E-state index in [0.29, 0.717) is 65.7 Å². The van der Waals surface area contributed by atoms with Gasteiger partial charge in [0.25, 0.3) is 5.78 Å². The van der Waals surface area contributed by atoms with E-state index in [4.69, 9.17) is 23.9 Å². The summed E-state index contributed by atoms with van der Waals surface area (Å²) in [5.74, 6) is 0.130. The first kappa shape index (κ1) is 28.5. The number of benzene rings is 3. The second-order valence-corrected chi connectivity index (χ2v) is 11.4. The number of carbonyl (C=O) groups excluding carboxylic acids is 2. The predicted molar refractivity (Wildman–Crippen MR) is 165 cm³/mol. The van der Waals surface area contributed by atoms with Gasteiger partial charge in [0.05, 0.1) is 35.0 Å². The average Bonchev–Trinajstić information content (AvgIpc) is 3.54. The monoisotopic (exact) mass is 600 g/mol. The van der Waals surface area contributed by atoms with Gasteiger partial charge >= 0.3 is 5.91 Å². The molecule has 2 aliphatic rings. The fourth-order valence-corrected chi connectivity index (χ4v) is 6.62. The van der Waals surface area contributed by atoms with Crippen molar-refractivity contribution in [1.82, 2.24) is 4.98 Å². The van der Waals surface area contributed by atoms with E-state index >= 15 is 0 Å². The van der Waals surface area contributed by atoms with Gasteiger partial charge in [-0.05, 0) is 80.3 Å². The maximum atomic E-state index is 13.8. The van der Waals surface area contributed by atoms with Gasteiger partial charge in [0, 0.05) is 5.56 Å². The minimum absolute atomic E-state index is 0.0569. The van der Waals surface area contributed by atoms with Crippen molar-refractivity contribution in [1.29, 1.82) is 0 Å². The maximum absolute atomic E-state index is 13.8. The molecule has 10 heteroatoms. The number of ether oxygens (including phenoxy) is 4. The minimum atomic E-state index is -0.977. The molecular formula is C33H32N2O7S. The Kier molecular flexibility index (Phi) is 7.70. The molecule has 0 saturated carbocycles. The van der Waals surface area contributed by atoms with Gasteiger partial charge in [-0.15, -0.1) is 0 Å². The fraction of sp³-hybridized carbons (Fsp3) is 0.303. The number of rotatable bonds is 8. The van der Waals surface area contributed by atoms with E-state index < -0.39 is 17.7 Å². The Hall–Kier alpha value is -4.57. The molecule has 43 heavy (non-hydrogen) atoms. The molecule has 1 N–H and O–H groups in total. The van der Waals surface area contributed by atoms with Crippen molar-refractivity contribution in [2.75, 3.05) is 31.3 Å². The normalized spacial score (nSPS) is 17.5. The van der Waals surface area contributed by atoms with Crippen molar-refractivity contribution in [2.45, 2.75) is 40.2 Å². The number of hydrogen-bond donors (Lipinski definition) is 1. The summed E-state index contributed by atoms with van der Waals surface area (Å²) in [5.41, 5.74) is 3.64. The number of nitrogens with zero attached hydrogens (tertiary/aromatic N) is 2. The fourth-order valence-electron chi connectivity index (χ4n) is 5.45. The van der Waals surface area contributed by atoms with Crippen LogP contribution in [0.15, 0.2) is 54.1 Å². The van der Waals surface area contributed by atoms with Gasteiger partial charge in [-0.1, -0.05) is 30.4 Å². The van der Waals surface area contributed by atoms with Crippen LogP contribution in [0.1, 0.15) is 48.6 Å². The van der Waals surface area contributed by atoms with Gasteiger partial charge in [0.1, 0.15) is 19.0 Å². The predicted octanol–water partition coefficient (Wildman–Crippen LogP) is 6.50. The van der Waals surface area contributed by atoms with E-state index in [1.54, 1.807) is 36.4 Å². The summed E-state index contributed by atoms with van der Waals surface area (Å²) in [6.45, 7) is 9.54. The van der Waals surface area contributed by atoms with Crippen LogP contribution in [0.25, 0.3) is 16.0 Å². The maximum Gasteiger partial charge on any atom is 0.301 e. The molecule has 3 aromatic carbocycles. The topological polar surface area (TPSA) is 107 Å². The zero-order chi connectivity index (χ0) is 30.2. The third kappa shape index (κ3) is 5.16. The Labute approximate surface area is 253 Å². The standard InChI is InChI=1S/C33H32N2O7S/c1-5-11-40-22-9-7-20(16-24(22)39-6-2)29-27(30(36)21-8-10-23-25(17-21)42-13-12-41-23)31(37)32(38)35(29)33-34-28-19(4)14-18(3)15-26(28)43-33/h7-10,14-17,29,36H,5-6,11-13H2,1-4H3/t29-/m0/s1. The highest BCUT2D eigenvalue weighted by molar-refractivity contribution is 7.22. The van der Waals surface area contributed by atoms with Crippen LogP contribution in [0.4, 0.5) is 5.13 Å². The zero-order valence-electron chi connectivity index (χ0n) is 24.4. The molecule has 1 amide bonds. The molecule has 0 unspecified atom stereocenters. The van der Waals surface area contributed by atoms with Crippen molar-refractivity contribution in [3.8, 4) is 23.0 Å². The second kappa shape index (κ2) is 11.6. The average molecular weight is 601 g/mol. The smallest absolute Gasteiger partial charge is 0.301 e. The van der Waals surface area contributed by atoms with Crippen LogP contribution in [0, 0.1) is 13.8 Å². The molecule has 1 fully saturated rings. The van der Waals surface area contributed by atoms with Crippen LogP contribution in [-0.2, 0) is 9.59 Å². The number of aliphatic hydroxyl groups excluding tert-OH is 1. The lowest BCUT2D eigenvalue weighted by molar-refractivity contribution is -0.132. The molecule has 222 valence electrons. The van der Waals surface area contributed by atoms with Gasteiger partial charge < -0.3 is 24.1 Å². The number of fused-ring (bicyclic) bond motifs is 2. The third-order valence-corrected chi connectivity index (χ3v) is 8.33. The lowest BCUT2D eigenvalue weighted by atomic mass is 9.95. The molecule has 1 atom stereocenters. The number of anilines is 1. The highest BCUT2D eigenvalue weighted by Crippen LogP contribution is 2.47. The lowest BCUT2D eigenvalue weighted by Gasteiger charge is -2.24. The van der Waals surface area contributed by atoms with E-state index in [-0.39, 0.29) is 11.3 Å². The quantitative estimate of drug-likeness (QED) is 0.139. The molecule has 1 saturated heterocycles. The lowest BCUT2D eigenvalue weighted by Crippen LogP contribution is -2.29. The number of carbonyl (C=O) groups is 2. The van der Waals surface area contributed by atoms with Crippen molar-refractivity contribution >= 4 is 44.1 Å². The number of aromatic nitrogens is 1. The summed E-state index contributed by atoms with van der Waals surface area (Å²) in [6.07, 6.45) is 0.819. The molecule has 3 heterocycles. The Bertz CT molecular complexity index is 1780. The van der Waals surface area contributed by atoms with Gasteiger partial charge in [-0.3, -0.25) is 14.5 Å². The molecule has 0 aliphatic carbocycles. The Morgan fingerprint density at radius 3 is 2.56 bits per heavy atom. The second-order valence-electron chi connectivity index (χ2n) is 10.4. The van der Waals surface area contributed by atoms with E-state index in [0.717, 1.165) is 27.8 Å². The van der Waals surface area contributed by atoms with E-state index in [1.165, 1.54) is 16.2 Å². The molecular weight excluding hydrogens is 568 g/mol. The highest BCUT2D eigenvalue weighted by atomic mass is 32.1. The van der Waals surface area contributed by atoms with Crippen LogP contribution in [0.2, 0.25) is 0 Å². The van der Waals surface area contributed by atoms with E-state index in [9.17, 15) is 14.7 Å². The molecule has 4 aromatic rings. The highest BCUT2D eigenvalue weighted by Gasteiger charge is 2.48. The number of Topliss-reactive ketones (excluding diaryl/α,β-unsaturated/α-hetero) is 1. The third-order valence-electron chi connectivity index (χ3n) is 7.33. The number of amides is 1. The summed E-state index contributed by atoms with van der Waals surface area (Å²) in [6, 6.07) is 13.3. The largest absolute Gasteiger partial charge is 0.507 e. The van der Waals surface area contributed by atoms with Gasteiger partial charge in [-0.25, -0.2) is 4.98 Å². The number of hydrogen-bond acceptors (Lipinski definition) is 9. The van der Waals surface area contributed by atoms with Crippen molar-refractivity contribution in [2.24, 2.45) is 0 Å². The van der Waals surface area contributed by atoms with Crippen molar-refractivity contribution in [3.63, 3.8) is 0 Å². The van der Waals surface area contributed by atoms with Crippen molar-refractivity contribution < 1.29 is 33.6 Å². The van der Waals surface area contributed by atoms with Gasteiger partial charge in [0.15, 0.2) is 28.1 Å². The van der Waals surface area contributed by atoms with Gasteiger partial charge in [0.2, 0.25) is 0 Å². The van der Waals surface area contributed by atoms with Crippen molar-refractivity contribution in [3.05, 3.63) is 76.4 Å². The van der Waals surface area contributed by atoms with E-state index in [2.05, 4.69) is 0 Å². The summed E-state index contributed by atoms with van der Waals surface area (Å²) in [7, 11) is 0. The number of aliphatic hydroxyl groups is 1. The van der Waals surface area contributed by atoms with Crippen LogP contribution in [0.5, 0.6) is 23.0 Å². The van der Waals surface area contributed by atoms with Crippen LogP contribution in [0.3, 0.4) is 0 Å². The summed E-state index contributed by atoms with van der Waals surface area (Å²) >= 11 is 1.33. The van der Waals surface area contributed by atoms with Crippen LogP contribution < -0.4 is 23.8 Å². The summed E-state index contributed by atoms with van der Waals surface area (Å²) < 4.78 is 24.0. The summed E-state index contributed by atoms with van der Waals surface area (Å²) in [5, 5.41) is 12.0. The zero-order valence-corrected chi connectivity index (χ0v) is 25.2. The first-order valence-corrected chi connectivity index (χ1v) is 15.1. The molecule has 0 bridgehead atoms. The Morgan fingerprint density at radius 2 is 1.79 bits per heavy atom. The SMILES string of the molecule is CCCOc1ccc([C@H]2C(=C(O)c3ccc4c(c3)OCCO4)C(=O)C(=O)N2c2nc3c(C)cc(C)cc3s2)cc1OCC. The first-order chi connectivity index (χ1) is 20.8. The number of aryl methyl sites for hydroxylation is 2. The molecule has 0 spiro atoms. The van der Waals surface area contributed by atoms with Crippen LogP contribution in [-0.4, -0.2) is 48.2 Å². The molecule has 2 aliphatic heterocycles.